The van der Waals surface area contributed by atoms with Gasteiger partial charge in [0, 0.05) is 24.8 Å². The molecule has 1 aliphatic carbocycles. The van der Waals surface area contributed by atoms with Gasteiger partial charge in [0.2, 0.25) is 0 Å². The molecule has 0 bridgehead atoms. The number of hydrogen-bond acceptors (Lipinski definition) is 3. The average molecular weight is 271 g/mol. The maximum Gasteiger partial charge on any atom is 0.272 e. The Bertz CT molecular complexity index is 509. The minimum Gasteiger partial charge on any atom is -0.337 e. The minimum absolute atomic E-state index is 0.0251. The van der Waals surface area contributed by atoms with Crippen molar-refractivity contribution in [2.45, 2.75) is 26.2 Å². The SMILES string of the molecule is CCCN(CC1CC1)C(=O)c1ccc(C#CCN)cn1. The van der Waals surface area contributed by atoms with E-state index in [1.54, 1.807) is 12.3 Å². The lowest BCUT2D eigenvalue weighted by Gasteiger charge is -2.21. The maximum atomic E-state index is 12.4. The fourth-order valence-corrected chi connectivity index (χ4v) is 2.07. The molecule has 0 aromatic carbocycles. The zero-order valence-electron chi connectivity index (χ0n) is 11.9. The van der Waals surface area contributed by atoms with Crippen LogP contribution in [0.1, 0.15) is 42.2 Å². The molecule has 4 nitrogen and oxygen atoms in total. The van der Waals surface area contributed by atoms with Crippen LogP contribution in [-0.4, -0.2) is 35.4 Å². The number of nitrogens with two attached hydrogens (primary N) is 1. The quantitative estimate of drug-likeness (QED) is 0.828. The zero-order chi connectivity index (χ0) is 14.4. The number of carbonyl (C=O) groups is 1. The van der Waals surface area contributed by atoms with E-state index >= 15 is 0 Å². The monoisotopic (exact) mass is 271 g/mol. The van der Waals surface area contributed by atoms with Crippen LogP contribution in [0, 0.1) is 17.8 Å². The molecule has 2 rings (SSSR count). The molecule has 1 aliphatic rings. The molecule has 106 valence electrons. The van der Waals surface area contributed by atoms with Gasteiger partial charge in [0.25, 0.3) is 5.91 Å². The molecule has 1 heterocycles. The van der Waals surface area contributed by atoms with Crippen molar-refractivity contribution in [2.75, 3.05) is 19.6 Å². The second kappa shape index (κ2) is 7.06. The molecule has 0 aliphatic heterocycles. The van der Waals surface area contributed by atoms with Crippen molar-refractivity contribution in [1.29, 1.82) is 0 Å². The van der Waals surface area contributed by atoms with Gasteiger partial charge >= 0.3 is 0 Å². The van der Waals surface area contributed by atoms with Gasteiger partial charge in [-0.1, -0.05) is 18.8 Å². The fraction of sp³-hybridized carbons (Fsp3) is 0.500. The number of carbonyl (C=O) groups excluding carboxylic acids is 1. The first-order chi connectivity index (χ1) is 9.74. The third-order valence-corrected chi connectivity index (χ3v) is 3.27. The Hall–Kier alpha value is -1.86. The molecule has 1 saturated carbocycles. The molecule has 0 spiro atoms. The van der Waals surface area contributed by atoms with Gasteiger partial charge in [-0.3, -0.25) is 4.79 Å². The van der Waals surface area contributed by atoms with Crippen molar-refractivity contribution in [3.05, 3.63) is 29.6 Å². The third-order valence-electron chi connectivity index (χ3n) is 3.27. The first-order valence-corrected chi connectivity index (χ1v) is 7.19. The van der Waals surface area contributed by atoms with Gasteiger partial charge in [-0.25, -0.2) is 4.98 Å². The van der Waals surface area contributed by atoms with E-state index in [2.05, 4.69) is 23.7 Å². The highest BCUT2D eigenvalue weighted by Crippen LogP contribution is 2.30. The smallest absolute Gasteiger partial charge is 0.272 e. The Balaban J connectivity index is 2.05. The molecule has 0 atom stereocenters. The largest absolute Gasteiger partial charge is 0.337 e. The van der Waals surface area contributed by atoms with Crippen LogP contribution >= 0.6 is 0 Å². The van der Waals surface area contributed by atoms with Gasteiger partial charge in [0.1, 0.15) is 5.69 Å². The van der Waals surface area contributed by atoms with Crippen LogP contribution in [0.4, 0.5) is 0 Å². The van der Waals surface area contributed by atoms with E-state index in [9.17, 15) is 4.79 Å². The molecule has 1 aromatic rings. The molecule has 0 unspecified atom stereocenters. The van der Waals surface area contributed by atoms with E-state index in [4.69, 9.17) is 5.73 Å². The summed E-state index contributed by atoms with van der Waals surface area (Å²) in [4.78, 5) is 18.6. The van der Waals surface area contributed by atoms with Crippen LogP contribution in [0.2, 0.25) is 0 Å². The zero-order valence-corrected chi connectivity index (χ0v) is 11.9. The van der Waals surface area contributed by atoms with E-state index < -0.39 is 0 Å². The highest BCUT2D eigenvalue weighted by Gasteiger charge is 2.27. The molecule has 4 heteroatoms. The molecule has 1 aromatic heterocycles. The summed E-state index contributed by atoms with van der Waals surface area (Å²) in [6.45, 7) is 4.08. The highest BCUT2D eigenvalue weighted by molar-refractivity contribution is 5.92. The van der Waals surface area contributed by atoms with E-state index in [0.717, 1.165) is 25.1 Å². The average Bonchev–Trinajstić information content (AvgIpc) is 3.28. The normalized spacial score (nSPS) is 13.5. The number of rotatable bonds is 5. The van der Waals surface area contributed by atoms with Crippen LogP contribution in [0.25, 0.3) is 0 Å². The summed E-state index contributed by atoms with van der Waals surface area (Å²) in [6.07, 6.45) is 5.10. The van der Waals surface area contributed by atoms with Gasteiger partial charge in [-0.2, -0.15) is 0 Å². The van der Waals surface area contributed by atoms with Crippen molar-refractivity contribution in [3.8, 4) is 11.8 Å². The summed E-state index contributed by atoms with van der Waals surface area (Å²) in [6, 6.07) is 3.57. The van der Waals surface area contributed by atoms with Crippen LogP contribution in [0.15, 0.2) is 18.3 Å². The van der Waals surface area contributed by atoms with Gasteiger partial charge in [-0.15, -0.1) is 0 Å². The summed E-state index contributed by atoms with van der Waals surface area (Å²) < 4.78 is 0. The van der Waals surface area contributed by atoms with Gasteiger partial charge in [-0.05, 0) is 37.3 Å². The van der Waals surface area contributed by atoms with Gasteiger partial charge in [0.05, 0.1) is 6.54 Å². The van der Waals surface area contributed by atoms with E-state index in [1.807, 2.05) is 11.0 Å². The van der Waals surface area contributed by atoms with E-state index in [1.165, 1.54) is 12.8 Å². The van der Waals surface area contributed by atoms with Crippen molar-refractivity contribution in [1.82, 2.24) is 9.88 Å². The number of nitrogens with zero attached hydrogens (tertiary/aromatic N) is 2. The highest BCUT2D eigenvalue weighted by atomic mass is 16.2. The Morgan fingerprint density at radius 3 is 2.85 bits per heavy atom. The lowest BCUT2D eigenvalue weighted by molar-refractivity contribution is 0.0742. The van der Waals surface area contributed by atoms with E-state index in [-0.39, 0.29) is 5.91 Å². The topological polar surface area (TPSA) is 59.2 Å². The number of pyridine rings is 1. The third kappa shape index (κ3) is 4.07. The van der Waals surface area contributed by atoms with Gasteiger partial charge < -0.3 is 10.6 Å². The van der Waals surface area contributed by atoms with Crippen LogP contribution in [-0.2, 0) is 0 Å². The molecule has 2 N–H and O–H groups in total. The first-order valence-electron chi connectivity index (χ1n) is 7.19. The standard InChI is InChI=1S/C16H21N3O/c1-2-10-19(12-14-5-6-14)16(20)15-8-7-13(11-18-15)4-3-9-17/h7-8,11,14H,2,5-6,9-10,12,17H2,1H3. The maximum absolute atomic E-state index is 12.4. The second-order valence-corrected chi connectivity index (χ2v) is 5.13. The summed E-state index contributed by atoms with van der Waals surface area (Å²) in [5.74, 6) is 6.40. The Labute approximate surface area is 120 Å². The number of aromatic nitrogens is 1. The second-order valence-electron chi connectivity index (χ2n) is 5.13. The van der Waals surface area contributed by atoms with E-state index in [0.29, 0.717) is 18.2 Å². The molecular formula is C16H21N3O. The summed E-state index contributed by atoms with van der Waals surface area (Å²) in [5, 5.41) is 0. The van der Waals surface area contributed by atoms with Crippen LogP contribution in [0.3, 0.4) is 0 Å². The van der Waals surface area contributed by atoms with Crippen LogP contribution < -0.4 is 5.73 Å². The number of amides is 1. The summed E-state index contributed by atoms with van der Waals surface area (Å²) >= 11 is 0. The lowest BCUT2D eigenvalue weighted by atomic mass is 10.2. The van der Waals surface area contributed by atoms with Gasteiger partial charge in [0.15, 0.2) is 0 Å². The lowest BCUT2D eigenvalue weighted by Crippen LogP contribution is -2.34. The fourth-order valence-electron chi connectivity index (χ4n) is 2.07. The number of hydrogen-bond donors (Lipinski definition) is 1. The minimum atomic E-state index is 0.0251. The van der Waals surface area contributed by atoms with Crippen molar-refractivity contribution in [2.24, 2.45) is 11.7 Å². The summed E-state index contributed by atoms with van der Waals surface area (Å²) in [5.41, 5.74) is 6.61. The first kappa shape index (κ1) is 14.5. The summed E-state index contributed by atoms with van der Waals surface area (Å²) in [7, 11) is 0. The molecular weight excluding hydrogens is 250 g/mol. The molecule has 0 saturated heterocycles. The predicted molar refractivity (Wildman–Crippen MR) is 79.1 cm³/mol. The van der Waals surface area contributed by atoms with Crippen molar-refractivity contribution in [3.63, 3.8) is 0 Å². The molecule has 0 radical (unpaired) electrons. The molecule has 20 heavy (non-hydrogen) atoms. The van der Waals surface area contributed by atoms with Crippen molar-refractivity contribution < 1.29 is 4.79 Å². The predicted octanol–water partition coefficient (Wildman–Crippen LogP) is 1.65. The molecule has 1 fully saturated rings. The van der Waals surface area contributed by atoms with Crippen molar-refractivity contribution >= 4 is 5.91 Å². The Kier molecular flexibility index (Phi) is 5.14. The Morgan fingerprint density at radius 2 is 2.30 bits per heavy atom. The van der Waals surface area contributed by atoms with Crippen LogP contribution in [0.5, 0.6) is 0 Å². The molecule has 1 amide bonds. The Morgan fingerprint density at radius 1 is 1.50 bits per heavy atom.